The first-order chi connectivity index (χ1) is 17.8. The van der Waals surface area contributed by atoms with Crippen LogP contribution in [-0.4, -0.2) is 18.8 Å². The van der Waals surface area contributed by atoms with Crippen molar-refractivity contribution in [2.75, 3.05) is 4.72 Å². The van der Waals surface area contributed by atoms with E-state index in [4.69, 9.17) is 0 Å². The number of nitrogens with zero attached hydrogens (tertiary/aromatic N) is 1. The van der Waals surface area contributed by atoms with Gasteiger partial charge in [-0.25, -0.2) is 8.42 Å². The molecule has 2 aromatic carbocycles. The lowest BCUT2D eigenvalue weighted by molar-refractivity contribution is -0.127. The van der Waals surface area contributed by atoms with Crippen LogP contribution < -0.4 is 4.72 Å². The van der Waals surface area contributed by atoms with Gasteiger partial charge in [0.15, 0.2) is 0 Å². The van der Waals surface area contributed by atoms with E-state index < -0.39 is 10.0 Å². The second-order valence-corrected chi connectivity index (χ2v) is 12.5. The number of aromatic nitrogens is 1. The molecule has 5 nitrogen and oxygen atoms in total. The van der Waals surface area contributed by atoms with Crippen molar-refractivity contribution in [1.29, 1.82) is 0 Å². The Balaban J connectivity index is 1.54. The van der Waals surface area contributed by atoms with Gasteiger partial charge in [0.2, 0.25) is 10.0 Å². The summed E-state index contributed by atoms with van der Waals surface area (Å²) < 4.78 is 30.7. The van der Waals surface area contributed by atoms with Crippen LogP contribution in [0.15, 0.2) is 54.7 Å². The lowest BCUT2D eigenvalue weighted by Gasteiger charge is -2.22. The van der Waals surface area contributed by atoms with E-state index in [0.717, 1.165) is 61.4 Å². The van der Waals surface area contributed by atoms with Gasteiger partial charge >= 0.3 is 0 Å². The van der Waals surface area contributed by atoms with Crippen LogP contribution in [0.4, 0.5) is 5.69 Å². The van der Waals surface area contributed by atoms with Crippen LogP contribution in [0.3, 0.4) is 0 Å². The van der Waals surface area contributed by atoms with Gasteiger partial charge < -0.3 is 4.57 Å². The zero-order chi connectivity index (χ0) is 26.4. The van der Waals surface area contributed by atoms with E-state index in [1.54, 1.807) is 0 Å². The molecule has 0 aliphatic heterocycles. The highest BCUT2D eigenvalue weighted by Crippen LogP contribution is 2.37. The second kappa shape index (κ2) is 12.3. The number of hydrogen-bond donors (Lipinski definition) is 1. The molecule has 4 rings (SSSR count). The van der Waals surface area contributed by atoms with Crippen molar-refractivity contribution in [3.8, 4) is 0 Å². The molecule has 1 aromatic heterocycles. The van der Waals surface area contributed by atoms with Crippen LogP contribution in [0.25, 0.3) is 10.9 Å². The van der Waals surface area contributed by atoms with E-state index in [9.17, 15) is 13.2 Å². The quantitative estimate of drug-likeness (QED) is 0.252. The van der Waals surface area contributed by atoms with Crippen molar-refractivity contribution in [3.05, 3.63) is 65.9 Å². The number of aryl methyl sites for hydroxylation is 1. The molecule has 2 atom stereocenters. The number of hydrogen-bond acceptors (Lipinski definition) is 3. The van der Waals surface area contributed by atoms with Crippen molar-refractivity contribution in [1.82, 2.24) is 4.57 Å². The van der Waals surface area contributed by atoms with Gasteiger partial charge in [0, 0.05) is 41.7 Å². The fourth-order valence-electron chi connectivity index (χ4n) is 6.12. The third kappa shape index (κ3) is 6.84. The summed E-state index contributed by atoms with van der Waals surface area (Å²) in [5.74, 6) is 1.20. The predicted molar refractivity (Wildman–Crippen MR) is 153 cm³/mol. The van der Waals surface area contributed by atoms with E-state index in [0.29, 0.717) is 17.4 Å². The topological polar surface area (TPSA) is 68.2 Å². The number of anilines is 1. The molecule has 3 aromatic rings. The predicted octanol–water partition coefficient (Wildman–Crippen LogP) is 7.57. The van der Waals surface area contributed by atoms with Gasteiger partial charge in [0.25, 0.3) is 0 Å². The van der Waals surface area contributed by atoms with Gasteiger partial charge in [-0.3, -0.25) is 9.52 Å². The maximum Gasteiger partial charge on any atom is 0.236 e. The normalized spacial score (nSPS) is 16.2. The molecule has 200 valence electrons. The summed E-state index contributed by atoms with van der Waals surface area (Å²) in [4.78, 5) is 13.1. The Kier molecular flexibility index (Phi) is 9.12. The summed E-state index contributed by atoms with van der Waals surface area (Å²) in [5, 5.41) is 1.09. The average Bonchev–Trinajstić information content (AvgIpc) is 3.52. The summed E-state index contributed by atoms with van der Waals surface area (Å²) in [5.41, 5.74) is 3.70. The fourth-order valence-corrected chi connectivity index (χ4v) is 7.31. The van der Waals surface area contributed by atoms with Crippen molar-refractivity contribution in [2.24, 2.45) is 18.9 Å². The molecule has 1 saturated carbocycles. The van der Waals surface area contributed by atoms with Crippen molar-refractivity contribution in [3.63, 3.8) is 0 Å². The SMILES string of the molecule is CCCC(CCC(CC)C(=O)C1CCCC1)c1cn(C)c2ccc(NS(=O)(=O)Cc3ccccc3)cc12. The standard InChI is InChI=1S/C31H42N2O3S/c1-4-11-25(17-16-24(5-2)31(34)26-14-9-10-15-26)29-21-33(3)30-19-18-27(20-28(29)30)32-37(35,36)22-23-12-7-6-8-13-23/h6-8,12-13,18-21,24-26,32H,4-5,9-11,14-17,22H2,1-3H3. The number of nitrogens with one attached hydrogen (secondary N) is 1. The summed E-state index contributed by atoms with van der Waals surface area (Å²) in [6.45, 7) is 4.36. The van der Waals surface area contributed by atoms with E-state index in [2.05, 4.69) is 29.3 Å². The first-order valence-corrected chi connectivity index (χ1v) is 15.6. The molecule has 0 bridgehead atoms. The molecule has 1 fully saturated rings. The minimum Gasteiger partial charge on any atom is -0.350 e. The van der Waals surface area contributed by atoms with Gasteiger partial charge in [0.05, 0.1) is 5.75 Å². The van der Waals surface area contributed by atoms with Gasteiger partial charge in [-0.05, 0) is 73.8 Å². The highest BCUT2D eigenvalue weighted by Gasteiger charge is 2.29. The average molecular weight is 523 g/mol. The zero-order valence-corrected chi connectivity index (χ0v) is 23.4. The molecule has 0 amide bonds. The summed E-state index contributed by atoms with van der Waals surface area (Å²) in [6, 6.07) is 15.1. The van der Waals surface area contributed by atoms with Crippen LogP contribution in [-0.2, 0) is 27.6 Å². The molecule has 37 heavy (non-hydrogen) atoms. The van der Waals surface area contributed by atoms with Crippen molar-refractivity contribution in [2.45, 2.75) is 83.3 Å². The summed E-state index contributed by atoms with van der Waals surface area (Å²) in [6.07, 6.45) is 11.7. The molecule has 1 aliphatic carbocycles. The smallest absolute Gasteiger partial charge is 0.236 e. The molecule has 1 aliphatic rings. The van der Waals surface area contributed by atoms with Gasteiger partial charge in [-0.1, -0.05) is 63.4 Å². The summed E-state index contributed by atoms with van der Waals surface area (Å²) >= 11 is 0. The molecule has 0 radical (unpaired) electrons. The Hall–Kier alpha value is -2.60. The van der Waals surface area contributed by atoms with Gasteiger partial charge in [0.1, 0.15) is 5.78 Å². The maximum absolute atomic E-state index is 13.1. The van der Waals surface area contributed by atoms with Gasteiger partial charge in [-0.2, -0.15) is 0 Å². The third-order valence-electron chi connectivity index (χ3n) is 8.09. The van der Waals surface area contributed by atoms with E-state index in [1.165, 1.54) is 18.4 Å². The summed E-state index contributed by atoms with van der Waals surface area (Å²) in [7, 11) is -1.48. The fraction of sp³-hybridized carbons (Fsp3) is 0.516. The molecule has 0 saturated heterocycles. The first-order valence-electron chi connectivity index (χ1n) is 14.0. The third-order valence-corrected chi connectivity index (χ3v) is 9.35. The first kappa shape index (κ1) is 27.4. The number of ketones is 1. The lowest BCUT2D eigenvalue weighted by atomic mass is 9.82. The molecular weight excluding hydrogens is 480 g/mol. The van der Waals surface area contributed by atoms with E-state index in [1.807, 2.05) is 55.6 Å². The Morgan fingerprint density at radius 1 is 1.03 bits per heavy atom. The zero-order valence-electron chi connectivity index (χ0n) is 22.6. The van der Waals surface area contributed by atoms with Crippen LogP contribution >= 0.6 is 0 Å². The number of benzene rings is 2. The largest absolute Gasteiger partial charge is 0.350 e. The molecule has 0 spiro atoms. The minimum atomic E-state index is -3.53. The highest BCUT2D eigenvalue weighted by molar-refractivity contribution is 7.91. The van der Waals surface area contributed by atoms with Crippen LogP contribution in [0.5, 0.6) is 0 Å². The Bertz CT molecular complexity index is 1290. The molecule has 6 heteroatoms. The molecule has 2 unspecified atom stereocenters. The maximum atomic E-state index is 13.1. The number of sulfonamides is 1. The molecule has 1 N–H and O–H groups in total. The molecule has 1 heterocycles. The Morgan fingerprint density at radius 2 is 1.76 bits per heavy atom. The van der Waals surface area contributed by atoms with Crippen molar-refractivity contribution < 1.29 is 13.2 Å². The van der Waals surface area contributed by atoms with Crippen LogP contribution in [0, 0.1) is 11.8 Å². The highest BCUT2D eigenvalue weighted by atomic mass is 32.2. The second-order valence-electron chi connectivity index (χ2n) is 10.8. The van der Waals surface area contributed by atoms with Gasteiger partial charge in [-0.15, -0.1) is 0 Å². The van der Waals surface area contributed by atoms with Crippen LogP contribution in [0.1, 0.15) is 88.7 Å². The Morgan fingerprint density at radius 3 is 2.43 bits per heavy atom. The van der Waals surface area contributed by atoms with Crippen molar-refractivity contribution >= 4 is 32.4 Å². The monoisotopic (exact) mass is 522 g/mol. The lowest BCUT2D eigenvalue weighted by Crippen LogP contribution is -2.22. The van der Waals surface area contributed by atoms with E-state index >= 15 is 0 Å². The number of Topliss-reactive ketones (excluding diaryl/α,β-unsaturated/α-hetero) is 1. The molecular formula is C31H42N2O3S. The minimum absolute atomic E-state index is 0.0561. The Labute approximate surface area is 222 Å². The van der Waals surface area contributed by atoms with E-state index in [-0.39, 0.29) is 17.6 Å². The number of rotatable bonds is 13. The number of fused-ring (bicyclic) bond motifs is 1. The number of carbonyl (C=O) groups excluding carboxylic acids is 1. The van der Waals surface area contributed by atoms with Crippen LogP contribution in [0.2, 0.25) is 0 Å². The number of carbonyl (C=O) groups is 1.